The maximum Gasteiger partial charge on any atom is 0.132 e. The minimum atomic E-state index is -0.139. The molecule has 1 aromatic heterocycles. The Balaban J connectivity index is 1.86. The first-order chi connectivity index (χ1) is 9.58. The molecule has 0 spiro atoms. The monoisotopic (exact) mass is 276 g/mol. The molecule has 2 nitrogen and oxygen atoms in total. The third kappa shape index (κ3) is 3.83. The summed E-state index contributed by atoms with van der Waals surface area (Å²) in [5.74, 6) is 0.620. The first-order valence-corrected chi connectivity index (χ1v) is 7.54. The number of nitrogens with one attached hydrogen (secondary N) is 1. The Morgan fingerprint density at radius 3 is 2.70 bits per heavy atom. The van der Waals surface area contributed by atoms with Gasteiger partial charge in [0.15, 0.2) is 0 Å². The van der Waals surface area contributed by atoms with Crippen LogP contribution in [0.1, 0.15) is 33.6 Å². The van der Waals surface area contributed by atoms with Gasteiger partial charge in [0.05, 0.1) is 5.52 Å². The molecule has 110 valence electrons. The lowest BCUT2D eigenvalue weighted by molar-refractivity contribution is 0.443. The van der Waals surface area contributed by atoms with Crippen LogP contribution in [0, 0.1) is 11.7 Å². The predicted octanol–water partition coefficient (Wildman–Crippen LogP) is 4.19. The van der Waals surface area contributed by atoms with Crippen LogP contribution in [0.3, 0.4) is 0 Å². The van der Waals surface area contributed by atoms with Crippen molar-refractivity contribution in [3.05, 3.63) is 36.3 Å². The van der Waals surface area contributed by atoms with Gasteiger partial charge in [-0.1, -0.05) is 19.9 Å². The molecule has 1 aromatic carbocycles. The average Bonchev–Trinajstić information content (AvgIpc) is 2.81. The van der Waals surface area contributed by atoms with Crippen molar-refractivity contribution in [1.82, 2.24) is 9.88 Å². The summed E-state index contributed by atoms with van der Waals surface area (Å²) >= 11 is 0. The summed E-state index contributed by atoms with van der Waals surface area (Å²) < 4.78 is 15.7. The largest absolute Gasteiger partial charge is 0.346 e. The van der Waals surface area contributed by atoms with E-state index in [9.17, 15) is 4.39 Å². The highest BCUT2D eigenvalue weighted by molar-refractivity contribution is 5.80. The van der Waals surface area contributed by atoms with Gasteiger partial charge < -0.3 is 9.88 Å². The van der Waals surface area contributed by atoms with Crippen LogP contribution in [-0.4, -0.2) is 17.2 Å². The van der Waals surface area contributed by atoms with E-state index in [0.717, 1.165) is 24.5 Å². The number of benzene rings is 1. The molecule has 0 amide bonds. The molecule has 2 aromatic rings. The minimum absolute atomic E-state index is 0.139. The van der Waals surface area contributed by atoms with E-state index < -0.39 is 0 Å². The highest BCUT2D eigenvalue weighted by Crippen LogP contribution is 2.18. The maximum absolute atomic E-state index is 13.6. The number of hydrogen-bond donors (Lipinski definition) is 1. The molecule has 20 heavy (non-hydrogen) atoms. The summed E-state index contributed by atoms with van der Waals surface area (Å²) in [6.45, 7) is 8.54. The number of hydrogen-bond acceptors (Lipinski definition) is 1. The molecule has 1 atom stereocenters. The SMILES string of the molecule is CC(C)CCC(C)NCCn1ccc2c(F)cccc21. The molecular weight excluding hydrogens is 251 g/mol. The summed E-state index contributed by atoms with van der Waals surface area (Å²) in [5, 5.41) is 4.25. The van der Waals surface area contributed by atoms with Crippen LogP contribution in [0.5, 0.6) is 0 Å². The van der Waals surface area contributed by atoms with Gasteiger partial charge in [-0.3, -0.25) is 0 Å². The van der Waals surface area contributed by atoms with Crippen molar-refractivity contribution in [1.29, 1.82) is 0 Å². The average molecular weight is 276 g/mol. The second-order valence-corrected chi connectivity index (χ2v) is 6.01. The van der Waals surface area contributed by atoms with Gasteiger partial charge in [-0.15, -0.1) is 0 Å². The number of halogens is 1. The van der Waals surface area contributed by atoms with Crippen LogP contribution >= 0.6 is 0 Å². The molecule has 3 heteroatoms. The minimum Gasteiger partial charge on any atom is -0.346 e. The zero-order valence-electron chi connectivity index (χ0n) is 12.7. The Hall–Kier alpha value is -1.35. The predicted molar refractivity (Wildman–Crippen MR) is 83.4 cm³/mol. The molecule has 0 saturated carbocycles. The summed E-state index contributed by atoms with van der Waals surface area (Å²) in [7, 11) is 0. The van der Waals surface area contributed by atoms with Gasteiger partial charge in [0.2, 0.25) is 0 Å². The van der Waals surface area contributed by atoms with Crippen LogP contribution in [0.4, 0.5) is 4.39 Å². The third-order valence-electron chi connectivity index (χ3n) is 3.78. The standard InChI is InChI=1S/C17H25FN2/c1-13(2)7-8-14(3)19-10-12-20-11-9-15-16(18)5-4-6-17(15)20/h4-6,9,11,13-14,19H,7-8,10,12H2,1-3H3. The molecule has 2 rings (SSSR count). The summed E-state index contributed by atoms with van der Waals surface area (Å²) in [6, 6.07) is 7.65. The van der Waals surface area contributed by atoms with E-state index in [4.69, 9.17) is 0 Å². The van der Waals surface area contributed by atoms with E-state index in [1.54, 1.807) is 6.07 Å². The number of nitrogens with zero attached hydrogens (tertiary/aromatic N) is 1. The fourth-order valence-corrected chi connectivity index (χ4v) is 2.50. The molecule has 0 aliphatic rings. The van der Waals surface area contributed by atoms with Crippen molar-refractivity contribution in [3.8, 4) is 0 Å². The van der Waals surface area contributed by atoms with Gasteiger partial charge >= 0.3 is 0 Å². The molecule has 0 aliphatic carbocycles. The molecule has 0 aliphatic heterocycles. The lowest BCUT2D eigenvalue weighted by Gasteiger charge is -2.15. The smallest absolute Gasteiger partial charge is 0.132 e. The van der Waals surface area contributed by atoms with E-state index in [0.29, 0.717) is 11.4 Å². The van der Waals surface area contributed by atoms with Crippen molar-refractivity contribution in [2.45, 2.75) is 46.2 Å². The molecule has 0 saturated heterocycles. The number of rotatable bonds is 7. The molecule has 1 unspecified atom stereocenters. The van der Waals surface area contributed by atoms with E-state index in [1.807, 2.05) is 18.3 Å². The first-order valence-electron chi connectivity index (χ1n) is 7.54. The number of aromatic nitrogens is 1. The van der Waals surface area contributed by atoms with Crippen molar-refractivity contribution in [2.24, 2.45) is 5.92 Å². The van der Waals surface area contributed by atoms with Gasteiger partial charge in [0.25, 0.3) is 0 Å². The van der Waals surface area contributed by atoms with Crippen LogP contribution in [0.2, 0.25) is 0 Å². The maximum atomic E-state index is 13.6. The second kappa shape index (κ2) is 6.89. The van der Waals surface area contributed by atoms with Crippen LogP contribution < -0.4 is 5.32 Å². The zero-order chi connectivity index (χ0) is 14.5. The quantitative estimate of drug-likeness (QED) is 0.802. The van der Waals surface area contributed by atoms with Gasteiger partial charge in [-0.05, 0) is 43.9 Å². The fraction of sp³-hybridized carbons (Fsp3) is 0.529. The second-order valence-electron chi connectivity index (χ2n) is 6.01. The van der Waals surface area contributed by atoms with E-state index in [-0.39, 0.29) is 5.82 Å². The lowest BCUT2D eigenvalue weighted by atomic mass is 10.0. The molecular formula is C17H25FN2. The van der Waals surface area contributed by atoms with Crippen molar-refractivity contribution in [3.63, 3.8) is 0 Å². The Morgan fingerprint density at radius 2 is 1.95 bits per heavy atom. The van der Waals surface area contributed by atoms with Gasteiger partial charge in [0.1, 0.15) is 5.82 Å². The fourth-order valence-electron chi connectivity index (χ4n) is 2.50. The summed E-state index contributed by atoms with van der Waals surface area (Å²) in [5.41, 5.74) is 0.974. The molecule has 1 N–H and O–H groups in total. The molecule has 0 radical (unpaired) electrons. The van der Waals surface area contributed by atoms with Crippen molar-refractivity contribution in [2.75, 3.05) is 6.54 Å². The molecule has 0 fully saturated rings. The normalized spacial score (nSPS) is 13.2. The third-order valence-corrected chi connectivity index (χ3v) is 3.78. The summed E-state index contributed by atoms with van der Waals surface area (Å²) in [6.07, 6.45) is 4.43. The van der Waals surface area contributed by atoms with Gasteiger partial charge in [-0.2, -0.15) is 0 Å². The lowest BCUT2D eigenvalue weighted by Crippen LogP contribution is -2.29. The van der Waals surface area contributed by atoms with Gasteiger partial charge in [0, 0.05) is 30.7 Å². The topological polar surface area (TPSA) is 17.0 Å². The Labute approximate surface area is 121 Å². The number of fused-ring (bicyclic) bond motifs is 1. The molecule has 1 heterocycles. The Morgan fingerprint density at radius 1 is 1.15 bits per heavy atom. The van der Waals surface area contributed by atoms with E-state index >= 15 is 0 Å². The van der Waals surface area contributed by atoms with Crippen molar-refractivity contribution < 1.29 is 4.39 Å². The van der Waals surface area contributed by atoms with Gasteiger partial charge in [-0.25, -0.2) is 4.39 Å². The summed E-state index contributed by atoms with van der Waals surface area (Å²) in [4.78, 5) is 0. The van der Waals surface area contributed by atoms with E-state index in [1.165, 1.54) is 18.9 Å². The van der Waals surface area contributed by atoms with E-state index in [2.05, 4.69) is 30.7 Å². The highest BCUT2D eigenvalue weighted by Gasteiger charge is 2.06. The Kier molecular flexibility index (Phi) is 5.18. The van der Waals surface area contributed by atoms with Crippen LogP contribution in [0.15, 0.2) is 30.5 Å². The van der Waals surface area contributed by atoms with Crippen LogP contribution in [-0.2, 0) is 6.54 Å². The zero-order valence-corrected chi connectivity index (χ0v) is 12.7. The van der Waals surface area contributed by atoms with Crippen molar-refractivity contribution >= 4 is 10.9 Å². The molecule has 0 bridgehead atoms. The Bertz CT molecular complexity index is 545. The highest BCUT2D eigenvalue weighted by atomic mass is 19.1. The van der Waals surface area contributed by atoms with Crippen LogP contribution in [0.25, 0.3) is 10.9 Å². The first kappa shape index (κ1) is 15.0.